The highest BCUT2D eigenvalue weighted by molar-refractivity contribution is 5.93. The summed E-state index contributed by atoms with van der Waals surface area (Å²) >= 11 is 0. The van der Waals surface area contributed by atoms with Gasteiger partial charge in [-0.2, -0.15) is 0 Å². The van der Waals surface area contributed by atoms with Gasteiger partial charge in [0.25, 0.3) is 11.8 Å². The van der Waals surface area contributed by atoms with Crippen LogP contribution in [0.25, 0.3) is 34.2 Å². The summed E-state index contributed by atoms with van der Waals surface area (Å²) in [6.07, 6.45) is 4.07. The summed E-state index contributed by atoms with van der Waals surface area (Å²) in [4.78, 5) is 127. The van der Waals surface area contributed by atoms with Gasteiger partial charge in [-0.15, -0.1) is 20.4 Å². The quantitative estimate of drug-likeness (QED) is 0.0197. The van der Waals surface area contributed by atoms with Crippen molar-refractivity contribution in [1.29, 1.82) is 0 Å². The Balaban J connectivity index is 0.801. The highest BCUT2D eigenvalue weighted by Gasteiger charge is 2.33. The second kappa shape index (κ2) is 42.1. The van der Waals surface area contributed by atoms with Crippen molar-refractivity contribution in [1.82, 2.24) is 69.6 Å². The van der Waals surface area contributed by atoms with E-state index in [0.29, 0.717) is 72.9 Å². The van der Waals surface area contributed by atoms with Crippen LogP contribution in [-0.4, -0.2) is 297 Å². The van der Waals surface area contributed by atoms with E-state index in [1.807, 2.05) is 86.0 Å². The van der Waals surface area contributed by atoms with Crippen LogP contribution in [-0.2, 0) is 55.9 Å². The van der Waals surface area contributed by atoms with Crippen molar-refractivity contribution in [3.63, 3.8) is 0 Å². The van der Waals surface area contributed by atoms with Crippen molar-refractivity contribution >= 4 is 53.3 Å². The van der Waals surface area contributed by atoms with E-state index in [1.54, 1.807) is 54.7 Å². The Labute approximate surface area is 662 Å². The number of rotatable bonds is 37. The molecule has 0 spiro atoms. The first-order chi connectivity index (χ1) is 54.6. The number of ether oxygens (including phenoxy) is 2. The lowest BCUT2D eigenvalue weighted by Gasteiger charge is -2.35. The number of carboxylic acids is 4. The van der Waals surface area contributed by atoms with Crippen molar-refractivity contribution in [2.24, 2.45) is 17.8 Å². The van der Waals surface area contributed by atoms with Crippen LogP contribution in [0.15, 0.2) is 72.8 Å². The third-order valence-electron chi connectivity index (χ3n) is 21.3. The smallest absolute Gasteiger partial charge is 0.320 e. The Hall–Kier alpha value is -10.4. The molecule has 2 aromatic heterocycles. The Kier molecular flexibility index (Phi) is 32.3. The molecule has 0 bridgehead atoms. The minimum atomic E-state index is -1.24. The van der Waals surface area contributed by atoms with Crippen molar-refractivity contribution in [2.75, 3.05) is 138 Å². The molecular weight excluding hydrogens is 1470 g/mol. The van der Waals surface area contributed by atoms with E-state index in [9.17, 15) is 84.0 Å². The molecule has 5 heterocycles. The zero-order valence-electron chi connectivity index (χ0n) is 66.0. The van der Waals surface area contributed by atoms with Crippen LogP contribution in [0.4, 0.5) is 0 Å². The normalized spacial score (nSPS) is 15.9. The lowest BCUT2D eigenvalue weighted by Crippen LogP contribution is -2.51. The van der Waals surface area contributed by atoms with Gasteiger partial charge in [-0.25, -0.2) is 0 Å². The van der Waals surface area contributed by atoms with E-state index in [0.717, 1.165) is 49.7 Å². The number of ketones is 1. The van der Waals surface area contributed by atoms with Gasteiger partial charge in [-0.3, -0.25) is 71.9 Å². The molecule has 114 heavy (non-hydrogen) atoms. The number of carbonyl (C=O) groups is 9. The molecule has 10 N–H and O–H groups in total. The van der Waals surface area contributed by atoms with Crippen LogP contribution in [0.1, 0.15) is 155 Å². The number of hydrogen-bond donors (Lipinski definition) is 10. The molecule has 6 aromatic rings. The van der Waals surface area contributed by atoms with Gasteiger partial charge in [0.1, 0.15) is 34.8 Å². The predicted octanol–water partition coefficient (Wildman–Crippen LogP) is 6.11. The molecule has 0 aliphatic carbocycles. The first-order valence-electron chi connectivity index (χ1n) is 39.4. The fourth-order valence-electron chi connectivity index (χ4n) is 15.1. The van der Waals surface area contributed by atoms with Crippen LogP contribution >= 0.6 is 0 Å². The monoisotopic (exact) mass is 1580 g/mol. The van der Waals surface area contributed by atoms with Crippen molar-refractivity contribution < 1.29 is 93.5 Å². The Morgan fingerprint density at radius 1 is 0.474 bits per heavy atom. The molecule has 3 aliphatic rings. The average molecular weight is 1580 g/mol. The van der Waals surface area contributed by atoms with Crippen LogP contribution < -0.4 is 10.6 Å². The average Bonchev–Trinajstić information content (AvgIpc) is 1.60. The number of aliphatic carboxylic acids is 4. The van der Waals surface area contributed by atoms with Crippen LogP contribution in [0.3, 0.4) is 0 Å². The van der Waals surface area contributed by atoms with Crippen LogP contribution in [0.5, 0.6) is 23.0 Å². The zero-order valence-corrected chi connectivity index (χ0v) is 66.0. The van der Waals surface area contributed by atoms with E-state index in [4.69, 9.17) is 9.47 Å². The minimum absolute atomic E-state index is 0.00589. The molecule has 0 saturated carbocycles. The number of aromatic hydroxyl groups is 4. The third kappa shape index (κ3) is 24.5. The van der Waals surface area contributed by atoms with Gasteiger partial charge in [-0.1, -0.05) is 52.0 Å². The predicted molar refractivity (Wildman–Crippen MR) is 419 cm³/mol. The zero-order chi connectivity index (χ0) is 82.3. The van der Waals surface area contributed by atoms with Gasteiger partial charge >= 0.3 is 23.9 Å². The number of Topliss-reactive ketones (excluding diaryl/α,β-unsaturated/α-hetero) is 1. The molecule has 3 saturated heterocycles. The Morgan fingerprint density at radius 3 is 1.18 bits per heavy atom. The van der Waals surface area contributed by atoms with E-state index in [2.05, 4.69) is 31.0 Å². The number of nitrogens with zero attached hydrogens (tertiary/aromatic N) is 12. The molecule has 33 nitrogen and oxygen atoms in total. The van der Waals surface area contributed by atoms with E-state index < -0.39 is 60.7 Å². The number of amides is 4. The molecule has 618 valence electrons. The van der Waals surface area contributed by atoms with Crippen LogP contribution in [0, 0.1) is 17.8 Å². The van der Waals surface area contributed by atoms with Gasteiger partial charge < -0.3 is 70.8 Å². The summed E-state index contributed by atoms with van der Waals surface area (Å²) in [5.41, 5.74) is 5.00. The van der Waals surface area contributed by atoms with E-state index in [-0.39, 0.29) is 205 Å². The fourth-order valence-corrected chi connectivity index (χ4v) is 15.1. The third-order valence-corrected chi connectivity index (χ3v) is 21.3. The summed E-state index contributed by atoms with van der Waals surface area (Å²) in [6.45, 7) is 13.6. The fraction of sp³-hybridized carbons (Fsp3) is 0.543. The van der Waals surface area contributed by atoms with Gasteiger partial charge in [0.15, 0.2) is 11.6 Å². The molecule has 3 aliphatic heterocycles. The van der Waals surface area contributed by atoms with Crippen molar-refractivity contribution in [3.8, 4) is 57.1 Å². The first-order valence-corrected chi connectivity index (χ1v) is 39.4. The summed E-state index contributed by atoms with van der Waals surface area (Å²) in [6, 6.07) is 19.9. The molecule has 0 radical (unpaired) electrons. The number of phenolic OH excluding ortho intramolecular Hbond substituents is 4. The van der Waals surface area contributed by atoms with Crippen molar-refractivity contribution in [2.45, 2.75) is 130 Å². The molecule has 4 aromatic carbocycles. The van der Waals surface area contributed by atoms with Gasteiger partial charge in [0, 0.05) is 134 Å². The van der Waals surface area contributed by atoms with E-state index in [1.165, 1.54) is 12.1 Å². The lowest BCUT2D eigenvalue weighted by molar-refractivity contribution is -0.145. The highest BCUT2D eigenvalue weighted by Crippen LogP contribution is 2.41. The molecule has 9 rings (SSSR count). The maximum atomic E-state index is 14.1. The topological polar surface area (TPSA) is 439 Å². The van der Waals surface area contributed by atoms with Crippen LogP contribution in [0.2, 0.25) is 0 Å². The van der Waals surface area contributed by atoms with Crippen molar-refractivity contribution in [3.05, 3.63) is 107 Å². The molecule has 4 amide bonds. The van der Waals surface area contributed by atoms with E-state index >= 15 is 0 Å². The number of phenols is 4. The highest BCUT2D eigenvalue weighted by atomic mass is 16.5. The maximum Gasteiger partial charge on any atom is 0.320 e. The largest absolute Gasteiger partial charge is 0.508 e. The van der Waals surface area contributed by atoms with Gasteiger partial charge in [0.05, 0.1) is 70.0 Å². The summed E-state index contributed by atoms with van der Waals surface area (Å²) in [7, 11) is 0. The number of benzene rings is 4. The Morgan fingerprint density at radius 2 is 0.842 bits per heavy atom. The second-order valence-electron chi connectivity index (χ2n) is 30.3. The maximum absolute atomic E-state index is 14.1. The first kappa shape index (κ1) is 87.5. The number of nitrogens with one attached hydrogen (secondary N) is 2. The summed E-state index contributed by atoms with van der Waals surface area (Å²) < 4.78 is 15.5. The number of carbonyl (C=O) groups excluding carboxylic acids is 5. The number of piperidine rings is 2. The summed E-state index contributed by atoms with van der Waals surface area (Å²) in [5, 5.41) is 106. The molecule has 3 fully saturated rings. The standard InChI is InChI=1S/C81H110N14O19/c1-7-82-79(109)77-86-84-75(63-42-61(51(3)4)66(97)44-68(63)99)94(77)58-13-9-53(10-14-58)39-55-19-25-92(26-20-55)70(101)23-37-113-49-57(41-60(96)17-18-65(81(111)112)91-35-33-89(47-73(105)106)31-29-88(46-72(103)104)30-32-90(34-36-91)48-74(107)108)50-114-38-24-71(102)93-27-21-56(22-28-93)40-54-11-15-59(16-12-54)95-76(85-87-78(95)80(110)83-8-2)64-43-62(52(5)6)67(98)45-69(64)100/h9-16,42-45,51-52,55-57,65,97-100H,7-8,17-41,46-50H2,1-6H3,(H,82,109)(H,83,110)(H,103,104)(H,105,106)(H,107,108)(H,111,112)/t65-/m1/s1. The minimum Gasteiger partial charge on any atom is -0.508 e. The number of likely N-dealkylation sites (tertiary alicyclic amines) is 2. The lowest BCUT2D eigenvalue weighted by atomic mass is 9.90. The number of carboxylic acid groups (broad SMARTS) is 4. The second-order valence-corrected chi connectivity index (χ2v) is 30.3. The number of hydrogen-bond acceptors (Lipinski definition) is 23. The Bertz CT molecular complexity index is 4040. The molecule has 33 heteroatoms. The molecular formula is C81H110N14O19. The molecule has 1 atom stereocenters. The summed E-state index contributed by atoms with van der Waals surface area (Å²) in [5.74, 6) is -6.39. The van der Waals surface area contributed by atoms with Gasteiger partial charge in [0.2, 0.25) is 23.5 Å². The number of aromatic nitrogens is 6. The molecule has 0 unspecified atom stereocenters. The SMILES string of the molecule is CCNC(=O)c1nnc(-c2cc(C(C)C)c(O)cc2O)n1-c1ccc(CC2CCN(C(=O)CCOCC(COCCC(=O)N3CCC(Cc4ccc(-n5c(C(=O)NCC)nnc5-c5cc(C(C)C)c(O)cc5O)cc4)CC3)CC(=O)CC[C@H](C(=O)O)N3CCN(CC(=O)O)CCN(CC(=O)O)CCN(CC(=O)O)CC3)CC2)cc1. The van der Waals surface area contributed by atoms with Gasteiger partial charge in [-0.05, 0) is 141 Å².